The zero-order valence-corrected chi connectivity index (χ0v) is 11.1. The molecule has 0 aliphatic carbocycles. The second-order valence-electron chi connectivity index (χ2n) is 4.43. The molecule has 1 heteroatoms. The van der Waals surface area contributed by atoms with Crippen molar-refractivity contribution in [2.24, 2.45) is 0 Å². The lowest BCUT2D eigenvalue weighted by Crippen LogP contribution is -1.87. The van der Waals surface area contributed by atoms with Crippen molar-refractivity contribution in [3.63, 3.8) is 0 Å². The van der Waals surface area contributed by atoms with Crippen LogP contribution in [-0.2, 0) is 6.42 Å². The molecule has 0 spiro atoms. The highest BCUT2D eigenvalue weighted by atomic mass is 16.5. The zero-order valence-electron chi connectivity index (χ0n) is 11.1. The summed E-state index contributed by atoms with van der Waals surface area (Å²) in [7, 11) is 1.69. The minimum absolute atomic E-state index is 0.896. The first-order valence-corrected chi connectivity index (χ1v) is 6.48. The lowest BCUT2D eigenvalue weighted by atomic mass is 10.0. The fraction of sp³-hybridized carbons (Fsp3) is 0.294. The lowest BCUT2D eigenvalue weighted by Gasteiger charge is -2.06. The Labute approximate surface area is 109 Å². The molecule has 0 amide bonds. The summed E-state index contributed by atoms with van der Waals surface area (Å²) < 4.78 is 5.18. The molecule has 2 aromatic rings. The zero-order chi connectivity index (χ0) is 12.8. The predicted molar refractivity (Wildman–Crippen MR) is 75.9 cm³/mol. The highest BCUT2D eigenvalue weighted by Crippen LogP contribution is 2.23. The van der Waals surface area contributed by atoms with Crippen LogP contribution < -0.4 is 4.74 Å². The average Bonchev–Trinajstić information content (AvgIpc) is 2.45. The Morgan fingerprint density at radius 1 is 1.06 bits per heavy atom. The van der Waals surface area contributed by atoms with E-state index in [1.165, 1.54) is 29.5 Å². The van der Waals surface area contributed by atoms with Gasteiger partial charge in [-0.15, -0.1) is 0 Å². The summed E-state index contributed by atoms with van der Waals surface area (Å²) in [5, 5.41) is 0. The Bertz CT molecular complexity index is 485. The maximum atomic E-state index is 5.18. The molecule has 1 nitrogen and oxygen atoms in total. The maximum absolute atomic E-state index is 5.18. The summed E-state index contributed by atoms with van der Waals surface area (Å²) in [4.78, 5) is 0. The van der Waals surface area contributed by atoms with Gasteiger partial charge in [-0.1, -0.05) is 43.7 Å². The SMILES string of the molecule is CCCCc1[c]ccc(-c2ccc(OC)cc2)c1. The summed E-state index contributed by atoms with van der Waals surface area (Å²) in [6.45, 7) is 2.22. The summed E-state index contributed by atoms with van der Waals surface area (Å²) in [5.41, 5.74) is 3.77. The van der Waals surface area contributed by atoms with E-state index in [4.69, 9.17) is 4.74 Å². The molecule has 93 valence electrons. The van der Waals surface area contributed by atoms with Crippen molar-refractivity contribution in [2.45, 2.75) is 26.2 Å². The van der Waals surface area contributed by atoms with E-state index < -0.39 is 0 Å². The van der Waals surface area contributed by atoms with Crippen molar-refractivity contribution in [2.75, 3.05) is 7.11 Å². The molecule has 0 fully saturated rings. The van der Waals surface area contributed by atoms with Gasteiger partial charge in [0.25, 0.3) is 0 Å². The molecule has 0 N–H and O–H groups in total. The number of methoxy groups -OCH3 is 1. The van der Waals surface area contributed by atoms with E-state index in [9.17, 15) is 0 Å². The van der Waals surface area contributed by atoms with Gasteiger partial charge in [0.05, 0.1) is 7.11 Å². The van der Waals surface area contributed by atoms with Gasteiger partial charge in [-0.3, -0.25) is 0 Å². The fourth-order valence-electron chi connectivity index (χ4n) is 1.99. The third-order valence-corrected chi connectivity index (χ3v) is 3.08. The van der Waals surface area contributed by atoms with Crippen molar-refractivity contribution in [1.82, 2.24) is 0 Å². The topological polar surface area (TPSA) is 9.23 Å². The molecule has 0 aliphatic heterocycles. The van der Waals surface area contributed by atoms with Crippen LogP contribution in [-0.4, -0.2) is 7.11 Å². The van der Waals surface area contributed by atoms with E-state index >= 15 is 0 Å². The largest absolute Gasteiger partial charge is 0.497 e. The Morgan fingerprint density at radius 3 is 2.50 bits per heavy atom. The molecule has 0 atom stereocenters. The standard InChI is InChI=1S/C17H19O/c1-3-4-6-14-7-5-8-16(13-14)15-9-11-17(18-2)12-10-15/h5,8-13H,3-4,6H2,1-2H3. The molecule has 0 aliphatic rings. The van der Waals surface area contributed by atoms with Crippen LogP contribution in [0.25, 0.3) is 11.1 Å². The molecule has 0 aromatic heterocycles. The van der Waals surface area contributed by atoms with E-state index in [-0.39, 0.29) is 0 Å². The third kappa shape index (κ3) is 3.13. The Morgan fingerprint density at radius 2 is 1.83 bits per heavy atom. The molecule has 18 heavy (non-hydrogen) atoms. The second-order valence-corrected chi connectivity index (χ2v) is 4.43. The number of hydrogen-bond acceptors (Lipinski definition) is 1. The van der Waals surface area contributed by atoms with Crippen LogP contribution in [0.5, 0.6) is 5.75 Å². The summed E-state index contributed by atoms with van der Waals surface area (Å²) in [6, 6.07) is 17.9. The van der Waals surface area contributed by atoms with Crippen LogP contribution in [0.15, 0.2) is 42.5 Å². The van der Waals surface area contributed by atoms with Gasteiger partial charge in [0, 0.05) is 0 Å². The van der Waals surface area contributed by atoms with Gasteiger partial charge in [-0.05, 0) is 47.7 Å². The Kier molecular flexibility index (Phi) is 4.40. The normalized spacial score (nSPS) is 10.3. The number of hydrogen-bond donors (Lipinski definition) is 0. The summed E-state index contributed by atoms with van der Waals surface area (Å²) in [5.74, 6) is 0.896. The van der Waals surface area contributed by atoms with Gasteiger partial charge in [0.1, 0.15) is 5.75 Å². The predicted octanol–water partition coefficient (Wildman–Crippen LogP) is 4.50. The maximum Gasteiger partial charge on any atom is 0.118 e. The number of rotatable bonds is 5. The van der Waals surface area contributed by atoms with Gasteiger partial charge >= 0.3 is 0 Å². The second kappa shape index (κ2) is 6.25. The van der Waals surface area contributed by atoms with Crippen molar-refractivity contribution >= 4 is 0 Å². The van der Waals surface area contributed by atoms with Gasteiger partial charge < -0.3 is 4.74 Å². The van der Waals surface area contributed by atoms with Crippen LogP contribution in [0.3, 0.4) is 0 Å². The molecule has 1 radical (unpaired) electrons. The van der Waals surface area contributed by atoms with E-state index in [0.29, 0.717) is 0 Å². The van der Waals surface area contributed by atoms with Crippen LogP contribution in [0, 0.1) is 6.07 Å². The van der Waals surface area contributed by atoms with Crippen molar-refractivity contribution in [3.05, 3.63) is 54.1 Å². The van der Waals surface area contributed by atoms with Crippen molar-refractivity contribution < 1.29 is 4.74 Å². The van der Waals surface area contributed by atoms with Crippen LogP contribution >= 0.6 is 0 Å². The minimum Gasteiger partial charge on any atom is -0.497 e. The molecule has 0 saturated carbocycles. The Hall–Kier alpha value is -1.76. The van der Waals surface area contributed by atoms with Gasteiger partial charge in [-0.2, -0.15) is 0 Å². The molecule has 2 rings (SSSR count). The lowest BCUT2D eigenvalue weighted by molar-refractivity contribution is 0.415. The molecule has 0 saturated heterocycles. The number of unbranched alkanes of at least 4 members (excludes halogenated alkanes) is 1. The third-order valence-electron chi connectivity index (χ3n) is 3.08. The van der Waals surface area contributed by atoms with E-state index in [1.54, 1.807) is 7.11 Å². The Balaban J connectivity index is 2.20. The first-order chi connectivity index (χ1) is 8.83. The van der Waals surface area contributed by atoms with Crippen LogP contribution in [0.1, 0.15) is 25.3 Å². The molecule has 0 heterocycles. The van der Waals surface area contributed by atoms with E-state index in [2.05, 4.69) is 37.3 Å². The van der Waals surface area contributed by atoms with E-state index in [1.807, 2.05) is 18.2 Å². The highest BCUT2D eigenvalue weighted by molar-refractivity contribution is 5.64. The van der Waals surface area contributed by atoms with Gasteiger partial charge in [0.15, 0.2) is 0 Å². The number of benzene rings is 2. The van der Waals surface area contributed by atoms with Crippen molar-refractivity contribution in [1.29, 1.82) is 0 Å². The summed E-state index contributed by atoms with van der Waals surface area (Å²) in [6.07, 6.45) is 3.56. The van der Waals surface area contributed by atoms with E-state index in [0.717, 1.165) is 12.2 Å². The summed E-state index contributed by atoms with van der Waals surface area (Å²) >= 11 is 0. The average molecular weight is 239 g/mol. The fourth-order valence-corrected chi connectivity index (χ4v) is 1.99. The van der Waals surface area contributed by atoms with Crippen molar-refractivity contribution in [3.8, 4) is 16.9 Å². The van der Waals surface area contributed by atoms with Crippen LogP contribution in [0.2, 0.25) is 0 Å². The highest BCUT2D eigenvalue weighted by Gasteiger charge is 2.00. The van der Waals surface area contributed by atoms with Crippen LogP contribution in [0.4, 0.5) is 0 Å². The minimum atomic E-state index is 0.896. The molecule has 2 aromatic carbocycles. The molecule has 0 bridgehead atoms. The quantitative estimate of drug-likeness (QED) is 0.746. The molecule has 0 unspecified atom stereocenters. The number of ether oxygens (including phenoxy) is 1. The van der Waals surface area contributed by atoms with Gasteiger partial charge in [0.2, 0.25) is 0 Å². The smallest absolute Gasteiger partial charge is 0.118 e. The van der Waals surface area contributed by atoms with Gasteiger partial charge in [-0.25, -0.2) is 0 Å². The molecular weight excluding hydrogens is 220 g/mol. The monoisotopic (exact) mass is 239 g/mol. The first kappa shape index (κ1) is 12.7. The first-order valence-electron chi connectivity index (χ1n) is 6.48. The molecular formula is C17H19O. The number of aryl methyl sites for hydroxylation is 1.